The zero-order chi connectivity index (χ0) is 41.0. The zero-order valence-corrected chi connectivity index (χ0v) is 34.8. The van der Waals surface area contributed by atoms with Gasteiger partial charge in [-0.25, -0.2) is 15.3 Å². The molecule has 0 amide bonds. The van der Waals surface area contributed by atoms with Gasteiger partial charge >= 0.3 is 193 Å². The maximum atomic E-state index is 9.87. The number of rotatable bonds is 6. The minimum atomic E-state index is -10.7. The Bertz CT molecular complexity index is 1980. The van der Waals surface area contributed by atoms with Crippen LogP contribution in [0, 0.1) is 58.8 Å². The van der Waals surface area contributed by atoms with Gasteiger partial charge in [0.2, 0.25) is 0 Å². The number of aryl methyl sites for hydroxylation is 6. The summed E-state index contributed by atoms with van der Waals surface area (Å²) in [4.78, 5) is 0. The summed E-state index contributed by atoms with van der Waals surface area (Å²) in [7, 11) is -12.6. The standard InChI is InChI=1S/C19H15P.C15H21BN6.2CO.F6P.W/c1-20(17-11-5-2-6-12-17,18-13-7-3-8-14-18)19-15-9-4-10-16-19;1-10-7-13(4)20(17-10)16(21-14(5)8-11(2)18-21)22-15(6)9-12(3)19-22;2*1-2;1-7(2,3,4,5)6;/h2-16H;7-9H,1-6H3;;;;/q+1;-1;;;-1;+1. The molecule has 3 heterocycles. The van der Waals surface area contributed by atoms with E-state index in [1.165, 1.54) is 35.1 Å². The molecular weight excluding hydrogens is 919 g/mol. The first-order valence-corrected chi connectivity index (χ1v) is 21.0. The molecule has 0 bridgehead atoms. The van der Waals surface area contributed by atoms with Crippen molar-refractivity contribution in [3.05, 3.63) is 157 Å². The van der Waals surface area contributed by atoms with E-state index in [9.17, 15) is 25.2 Å². The molecule has 0 aliphatic rings. The molecule has 0 N–H and O–H groups in total. The normalized spacial score (nSPS) is 12.0. The Labute approximate surface area is 321 Å². The van der Waals surface area contributed by atoms with Crippen LogP contribution in [0.1, 0.15) is 34.2 Å². The minimum absolute atomic E-state index is 0.226. The van der Waals surface area contributed by atoms with Crippen LogP contribution in [0.5, 0.6) is 0 Å². The van der Waals surface area contributed by atoms with Crippen molar-refractivity contribution in [2.45, 2.75) is 41.5 Å². The third-order valence-electron chi connectivity index (χ3n) is 7.36. The Morgan fingerprint density at radius 1 is 0.537 bits per heavy atom. The summed E-state index contributed by atoms with van der Waals surface area (Å²) in [6.45, 7) is 21.2. The van der Waals surface area contributed by atoms with Crippen LogP contribution in [0.4, 0.5) is 25.2 Å². The van der Waals surface area contributed by atoms with Gasteiger partial charge in [0.1, 0.15) is 0 Å². The number of hydrogen-bond acceptors (Lipinski definition) is 3. The summed E-state index contributed by atoms with van der Waals surface area (Å²) in [6, 6.07) is 38.7. The van der Waals surface area contributed by atoms with Crippen LogP contribution in [0.3, 0.4) is 0 Å². The number of halogens is 6. The van der Waals surface area contributed by atoms with E-state index in [4.69, 9.17) is 9.30 Å². The van der Waals surface area contributed by atoms with Gasteiger partial charge in [0.15, 0.2) is 0 Å². The van der Waals surface area contributed by atoms with E-state index in [1.807, 2.05) is 34.5 Å². The summed E-state index contributed by atoms with van der Waals surface area (Å²) in [6.07, 6.45) is 0. The van der Waals surface area contributed by atoms with Crippen LogP contribution in [-0.2, 0) is 28.5 Å². The molecule has 0 unspecified atom stereocenters. The third-order valence-corrected chi connectivity index (χ3v) is 13.8. The Kier molecular flexibility index (Phi) is 15.6. The average Bonchev–Trinajstić information content (AvgIpc) is 3.77. The van der Waals surface area contributed by atoms with Gasteiger partial charge in [0.25, 0.3) is 7.12 Å². The van der Waals surface area contributed by atoms with E-state index in [-0.39, 0.29) is 7.12 Å². The molecule has 6 aromatic rings. The Hall–Kier alpha value is -4.26. The number of hydrogen-bond donors (Lipinski definition) is 0. The monoisotopic (exact) mass is 955 g/mol. The van der Waals surface area contributed by atoms with Crippen molar-refractivity contribution in [1.82, 2.24) is 29.1 Å². The number of benzene rings is 3. The van der Waals surface area contributed by atoms with Crippen molar-refractivity contribution in [3.8, 4) is 3.94 Å². The molecule has 0 aliphatic heterocycles. The van der Waals surface area contributed by atoms with Gasteiger partial charge in [-0.05, 0) is 76.8 Å². The fourth-order valence-corrected chi connectivity index (χ4v) is 12.0. The van der Waals surface area contributed by atoms with Crippen molar-refractivity contribution >= 4 is 38.1 Å². The molecule has 0 atom stereocenters. The number of nitrogens with zero attached hydrogens (tertiary/aromatic N) is 6. The van der Waals surface area contributed by atoms with Gasteiger partial charge in [-0.3, -0.25) is 0 Å². The van der Waals surface area contributed by atoms with Gasteiger partial charge in [0, 0.05) is 0 Å². The second-order valence-corrected chi connectivity index (χ2v) is 18.6. The van der Waals surface area contributed by atoms with Crippen LogP contribution >= 0.6 is 15.1 Å². The summed E-state index contributed by atoms with van der Waals surface area (Å²) < 4.78 is 83.9. The van der Waals surface area contributed by atoms with Crippen LogP contribution in [0.2, 0.25) is 0 Å². The van der Waals surface area contributed by atoms with Gasteiger partial charge in [0.05, 0.1) is 17.1 Å². The summed E-state index contributed by atoms with van der Waals surface area (Å²) in [5, 5.41) is 18.1. The summed E-state index contributed by atoms with van der Waals surface area (Å²) >= 11 is 1.40. The van der Waals surface area contributed by atoms with Crippen LogP contribution < -0.4 is 15.9 Å². The molecule has 0 saturated heterocycles. The van der Waals surface area contributed by atoms with Gasteiger partial charge in [-0.1, -0.05) is 0 Å². The average molecular weight is 955 g/mol. The van der Waals surface area contributed by atoms with E-state index in [2.05, 4.69) is 163 Å². The third kappa shape index (κ3) is 13.2. The quantitative estimate of drug-likeness (QED) is 0.0550. The molecule has 1 radical (unpaired) electrons. The van der Waals surface area contributed by atoms with Crippen molar-refractivity contribution in [3.63, 3.8) is 0 Å². The zero-order valence-electron chi connectivity index (χ0n) is 30.0. The second-order valence-electron chi connectivity index (χ2n) is 11.7. The van der Waals surface area contributed by atoms with Crippen molar-refractivity contribution in [2.75, 3.05) is 0 Å². The first kappa shape index (κ1) is 45.9. The molecular formula is C36H36BF6N6O2P2W. The molecule has 283 valence electrons. The van der Waals surface area contributed by atoms with E-state index in [0.29, 0.717) is 0 Å². The molecule has 0 spiro atoms. The fourth-order valence-electron chi connectivity index (χ4n) is 5.51. The van der Waals surface area contributed by atoms with E-state index in [0.717, 1.165) is 34.2 Å². The van der Waals surface area contributed by atoms with E-state index in [1.54, 1.807) is 0 Å². The fraction of sp³-hybridized carbons (Fsp3) is 0.167. The molecule has 3 aromatic heterocycles. The molecule has 8 nitrogen and oxygen atoms in total. The molecule has 6 rings (SSSR count). The maximum absolute atomic E-state index is 10.7. The summed E-state index contributed by atoms with van der Waals surface area (Å²) in [5.74, 6) is 0. The summed E-state index contributed by atoms with van der Waals surface area (Å²) in [5.41, 5.74) is 6.23. The predicted molar refractivity (Wildman–Crippen MR) is 198 cm³/mol. The number of aromatic nitrogens is 6. The second kappa shape index (κ2) is 18.4. The molecule has 3 aromatic carbocycles. The predicted octanol–water partition coefficient (Wildman–Crippen LogP) is 8.81. The van der Waals surface area contributed by atoms with Crippen LogP contribution in [0.25, 0.3) is 0 Å². The van der Waals surface area contributed by atoms with Crippen molar-refractivity contribution in [1.29, 1.82) is 0 Å². The Morgan fingerprint density at radius 3 is 0.926 bits per heavy atom. The Balaban J connectivity index is 0.000000296. The molecule has 0 aliphatic carbocycles. The van der Waals surface area contributed by atoms with E-state index < -0.39 is 15.1 Å². The van der Waals surface area contributed by atoms with Gasteiger partial charge in [-0.2, -0.15) is 0 Å². The van der Waals surface area contributed by atoms with Gasteiger partial charge in [-0.15, -0.1) is 0 Å². The van der Waals surface area contributed by atoms with E-state index >= 15 is 0 Å². The van der Waals surface area contributed by atoms with Crippen LogP contribution in [0.15, 0.2) is 109 Å². The molecule has 0 saturated carbocycles. The molecule has 18 heteroatoms. The molecule has 0 fully saturated rings. The SMILES string of the molecule is Cc1cc(C)n([B-](n2nc(C)cc2C)n2nc(C)cc2C)n1.F[P-](F)(F)(F)(F)F.[C-]#[O+].[C-]#[O+].[W+]#[C][P+](c1ccccc1)(c1ccccc1)c1ccccc1. The van der Waals surface area contributed by atoms with Gasteiger partial charge < -0.3 is 13.8 Å². The van der Waals surface area contributed by atoms with Crippen molar-refractivity contribution in [2.24, 2.45) is 0 Å². The topological polar surface area (TPSA) is 93.3 Å². The first-order valence-electron chi connectivity index (χ1n) is 15.7. The van der Waals surface area contributed by atoms with Crippen LogP contribution in [-0.4, -0.2) is 36.2 Å². The molecule has 54 heavy (non-hydrogen) atoms. The Morgan fingerprint density at radius 2 is 0.759 bits per heavy atom. The first-order chi connectivity index (χ1) is 25.2. The van der Waals surface area contributed by atoms with Crippen molar-refractivity contribution < 1.29 is 53.6 Å².